The van der Waals surface area contributed by atoms with Gasteiger partial charge in [0.15, 0.2) is 0 Å². The molecule has 0 aliphatic heterocycles. The van der Waals surface area contributed by atoms with Gasteiger partial charge in [0, 0.05) is 49.9 Å². The van der Waals surface area contributed by atoms with Crippen LogP contribution in [0, 0.1) is 17.7 Å². The highest BCUT2D eigenvalue weighted by atomic mass is 35.5. The van der Waals surface area contributed by atoms with Gasteiger partial charge in [-0.05, 0) is 74.8 Å². The molecule has 3 aromatic rings. The number of anilines is 2. The third kappa shape index (κ3) is 9.45. The Labute approximate surface area is 272 Å². The summed E-state index contributed by atoms with van der Waals surface area (Å²) in [6, 6.07) is 1.97. The van der Waals surface area contributed by atoms with Crippen LogP contribution < -0.4 is 9.80 Å². The van der Waals surface area contributed by atoms with Gasteiger partial charge in [-0.25, -0.2) is 9.37 Å². The van der Waals surface area contributed by atoms with Gasteiger partial charge >= 0.3 is 18.3 Å². The molecule has 0 atom stereocenters. The summed E-state index contributed by atoms with van der Waals surface area (Å²) in [6.07, 6.45) is -5.33. The number of halogens is 8. The number of esters is 1. The minimum Gasteiger partial charge on any atom is -0.466 e. The van der Waals surface area contributed by atoms with Crippen molar-refractivity contribution in [2.24, 2.45) is 18.9 Å². The summed E-state index contributed by atoms with van der Waals surface area (Å²) in [5.41, 5.74) is -2.62. The van der Waals surface area contributed by atoms with E-state index >= 15 is 4.39 Å². The van der Waals surface area contributed by atoms with Crippen molar-refractivity contribution in [2.75, 3.05) is 29.5 Å². The van der Waals surface area contributed by atoms with Crippen molar-refractivity contribution in [3.05, 3.63) is 57.5 Å². The smallest absolute Gasteiger partial charge is 0.417 e. The molecule has 258 valence electrons. The molecule has 1 aliphatic rings. The van der Waals surface area contributed by atoms with E-state index in [2.05, 4.69) is 20.4 Å². The summed E-state index contributed by atoms with van der Waals surface area (Å²) in [7, 11) is 1.42. The first-order chi connectivity index (χ1) is 22.1. The van der Waals surface area contributed by atoms with Crippen molar-refractivity contribution in [1.29, 1.82) is 0 Å². The van der Waals surface area contributed by atoms with E-state index in [1.54, 1.807) is 6.92 Å². The van der Waals surface area contributed by atoms with Gasteiger partial charge < -0.3 is 14.5 Å². The molecule has 0 spiro atoms. The Morgan fingerprint density at radius 2 is 1.57 bits per heavy atom. The number of alkyl halides is 6. The molecule has 0 unspecified atom stereocenters. The van der Waals surface area contributed by atoms with Crippen molar-refractivity contribution in [2.45, 2.75) is 71.4 Å². The zero-order chi connectivity index (χ0) is 34.5. The summed E-state index contributed by atoms with van der Waals surface area (Å²) >= 11 is 5.81. The first kappa shape index (κ1) is 36.2. The van der Waals surface area contributed by atoms with Crippen LogP contribution in [0.5, 0.6) is 0 Å². The fourth-order valence-electron chi connectivity index (χ4n) is 5.74. The molecule has 17 heteroatoms. The molecule has 1 fully saturated rings. The van der Waals surface area contributed by atoms with Crippen molar-refractivity contribution in [3.63, 3.8) is 0 Å². The first-order valence-corrected chi connectivity index (χ1v) is 15.5. The topological polar surface area (TPSA) is 89.3 Å². The van der Waals surface area contributed by atoms with Gasteiger partial charge in [-0.2, -0.15) is 31.1 Å². The number of pyridine rings is 1. The van der Waals surface area contributed by atoms with E-state index in [1.165, 1.54) is 11.9 Å². The van der Waals surface area contributed by atoms with Crippen LogP contribution in [0.1, 0.15) is 68.2 Å². The Kier molecular flexibility index (Phi) is 11.6. The average molecular weight is 694 g/mol. The maximum Gasteiger partial charge on any atom is 0.417 e. The third-order valence-corrected chi connectivity index (χ3v) is 8.37. The molecule has 47 heavy (non-hydrogen) atoms. The van der Waals surface area contributed by atoms with Crippen LogP contribution in [0.2, 0.25) is 5.02 Å². The highest BCUT2D eigenvalue weighted by molar-refractivity contribution is 6.30. The van der Waals surface area contributed by atoms with Crippen LogP contribution in [0.25, 0.3) is 0 Å². The molecule has 1 aliphatic carbocycles. The van der Waals surface area contributed by atoms with Crippen LogP contribution in [-0.2, 0) is 42.0 Å². The zero-order valence-corrected chi connectivity index (χ0v) is 26.8. The molecule has 0 saturated heterocycles. The summed E-state index contributed by atoms with van der Waals surface area (Å²) in [5, 5.41) is 10.9. The van der Waals surface area contributed by atoms with Crippen molar-refractivity contribution in [3.8, 4) is 0 Å². The summed E-state index contributed by atoms with van der Waals surface area (Å²) < 4.78 is 102. The Balaban J connectivity index is 1.66. The maximum absolute atomic E-state index is 15.1. The number of aryl methyl sites for hydroxylation is 1. The lowest BCUT2D eigenvalue weighted by atomic mass is 9.80. The lowest BCUT2D eigenvalue weighted by Gasteiger charge is -2.34. The quantitative estimate of drug-likeness (QED) is 0.145. The second kappa shape index (κ2) is 15.0. The van der Waals surface area contributed by atoms with Crippen molar-refractivity contribution >= 4 is 29.3 Å². The molecule has 0 bridgehead atoms. The number of aromatic nitrogens is 5. The van der Waals surface area contributed by atoms with Crippen LogP contribution >= 0.6 is 11.6 Å². The number of carbonyl (C=O) groups excluding carboxylic acids is 1. The molecular formula is C30H35ClF7N7O2. The van der Waals surface area contributed by atoms with E-state index in [0.29, 0.717) is 38.2 Å². The number of hydrogen-bond acceptors (Lipinski definition) is 8. The van der Waals surface area contributed by atoms with Gasteiger partial charge in [0.2, 0.25) is 0 Å². The Hall–Kier alpha value is -3.69. The van der Waals surface area contributed by atoms with Crippen LogP contribution in [0.15, 0.2) is 24.4 Å². The Morgan fingerprint density at radius 3 is 2.15 bits per heavy atom. The average Bonchev–Trinajstić information content (AvgIpc) is 3.43. The number of carbonyl (C=O) groups is 1. The molecule has 1 saturated carbocycles. The van der Waals surface area contributed by atoms with Crippen LogP contribution in [0.4, 0.5) is 42.5 Å². The van der Waals surface area contributed by atoms with E-state index < -0.39 is 46.4 Å². The normalized spacial score (nSPS) is 17.1. The predicted molar refractivity (Wildman–Crippen MR) is 159 cm³/mol. The maximum atomic E-state index is 15.1. The van der Waals surface area contributed by atoms with E-state index in [4.69, 9.17) is 16.3 Å². The molecule has 1 aromatic carbocycles. The van der Waals surface area contributed by atoms with Crippen molar-refractivity contribution < 1.29 is 40.3 Å². The molecule has 9 nitrogen and oxygen atoms in total. The molecule has 2 aromatic heterocycles. The molecule has 0 N–H and O–H groups in total. The number of ether oxygens (including phenoxy) is 1. The number of benzene rings is 1. The van der Waals surface area contributed by atoms with E-state index in [-0.39, 0.29) is 41.7 Å². The minimum absolute atomic E-state index is 0.0728. The molecular weight excluding hydrogens is 659 g/mol. The van der Waals surface area contributed by atoms with E-state index in [0.717, 1.165) is 42.7 Å². The Bertz CT molecular complexity index is 1530. The number of hydrogen-bond donors (Lipinski definition) is 0. The summed E-state index contributed by atoms with van der Waals surface area (Å²) in [6.45, 7) is 3.79. The van der Waals surface area contributed by atoms with Crippen molar-refractivity contribution in [1.82, 2.24) is 25.2 Å². The minimum atomic E-state index is -4.83. The second-order valence-corrected chi connectivity index (χ2v) is 11.9. The fourth-order valence-corrected chi connectivity index (χ4v) is 5.98. The summed E-state index contributed by atoms with van der Waals surface area (Å²) in [4.78, 5) is 20.2. The first-order valence-electron chi connectivity index (χ1n) is 15.1. The van der Waals surface area contributed by atoms with Crippen LogP contribution in [0.3, 0.4) is 0 Å². The second-order valence-electron chi connectivity index (χ2n) is 11.5. The van der Waals surface area contributed by atoms with Gasteiger partial charge in [-0.15, -0.1) is 5.10 Å². The monoisotopic (exact) mass is 693 g/mol. The lowest BCUT2D eigenvalue weighted by Crippen LogP contribution is -2.34. The summed E-state index contributed by atoms with van der Waals surface area (Å²) in [5.74, 6) is -0.927. The number of nitrogens with zero attached hydrogens (tertiary/aromatic N) is 7. The zero-order valence-electron chi connectivity index (χ0n) is 26.0. The molecule has 0 amide bonds. The van der Waals surface area contributed by atoms with Gasteiger partial charge in [-0.3, -0.25) is 4.79 Å². The predicted octanol–water partition coefficient (Wildman–Crippen LogP) is 7.23. The molecule has 2 heterocycles. The highest BCUT2D eigenvalue weighted by Crippen LogP contribution is 2.37. The molecule has 0 radical (unpaired) electrons. The van der Waals surface area contributed by atoms with Crippen LogP contribution in [-0.4, -0.2) is 50.9 Å². The van der Waals surface area contributed by atoms with E-state index in [9.17, 15) is 31.1 Å². The number of tetrazole rings is 1. The lowest BCUT2D eigenvalue weighted by molar-refractivity contribution is -0.144. The SMILES string of the molecule is CCOC(=O)CC1CCC(CN(CC)c2ncc(C(F)(F)F)cc2CN(Cc2cc(C(F)(F)F)cc(Cl)c2F)c2nnn(C)n2)CC1. The van der Waals surface area contributed by atoms with Gasteiger partial charge in [0.1, 0.15) is 11.6 Å². The highest BCUT2D eigenvalue weighted by Gasteiger charge is 2.35. The van der Waals surface area contributed by atoms with Gasteiger partial charge in [-0.1, -0.05) is 16.7 Å². The van der Waals surface area contributed by atoms with Gasteiger partial charge in [0.25, 0.3) is 5.95 Å². The largest absolute Gasteiger partial charge is 0.466 e. The molecule has 4 rings (SSSR count). The Morgan fingerprint density at radius 1 is 0.957 bits per heavy atom. The number of rotatable bonds is 12. The van der Waals surface area contributed by atoms with Gasteiger partial charge in [0.05, 0.1) is 29.8 Å². The van der Waals surface area contributed by atoms with E-state index in [1.807, 2.05) is 11.8 Å². The third-order valence-electron chi connectivity index (χ3n) is 8.09. The standard InChI is InChI=1S/C30H35ClF7N7O2/c1-4-44(15-19-8-6-18(7-9-19)10-25(46)47-5-2)27-21(12-23(14-39-27)30(36,37)38)17-45(28-40-42-43(3)41-28)16-20-11-22(29(33,34)35)13-24(31)26(20)32/h11-14,18-19H,4-10,15-17H2,1-3H3. The fraction of sp³-hybridized carbons (Fsp3) is 0.567.